The van der Waals surface area contributed by atoms with E-state index in [1.165, 1.54) is 19.3 Å². The lowest BCUT2D eigenvalue weighted by Gasteiger charge is -2.26. The predicted octanol–water partition coefficient (Wildman–Crippen LogP) is 2.69. The largest absolute Gasteiger partial charge is 0.227 e. The first-order valence-electron chi connectivity index (χ1n) is 4.62. The van der Waals surface area contributed by atoms with Gasteiger partial charge in [0, 0.05) is 4.47 Å². The van der Waals surface area contributed by atoms with Gasteiger partial charge in [0.25, 0.3) is 0 Å². The highest BCUT2D eigenvalue weighted by Gasteiger charge is 2.21. The highest BCUT2D eigenvalue weighted by atomic mass is 79.9. The molecule has 0 unspecified atom stereocenters. The number of hydrogen-bond donors (Lipinski definition) is 1. The van der Waals surface area contributed by atoms with Crippen molar-refractivity contribution < 1.29 is 8.42 Å². The summed E-state index contributed by atoms with van der Waals surface area (Å²) in [6, 6.07) is 5.26. The fourth-order valence-corrected chi connectivity index (χ4v) is 2.69. The molecule has 1 aromatic rings. The minimum atomic E-state index is -2.45. The third kappa shape index (κ3) is 1.86. The predicted molar refractivity (Wildman–Crippen MR) is 59.3 cm³/mol. The molecular formula is C10H11BrO2S. The molecule has 0 heterocycles. The fourth-order valence-electron chi connectivity index (χ4n) is 1.68. The van der Waals surface area contributed by atoms with Crippen LogP contribution in [0.1, 0.15) is 30.7 Å². The summed E-state index contributed by atoms with van der Waals surface area (Å²) in [6.45, 7) is 0. The number of halogens is 1. The Morgan fingerprint density at radius 3 is 2.50 bits per heavy atom. The van der Waals surface area contributed by atoms with Gasteiger partial charge in [0.2, 0.25) is 0 Å². The molecule has 4 heteroatoms. The fraction of sp³-hybridized carbons (Fsp3) is 0.400. The maximum absolute atomic E-state index is 10.8. The first-order chi connectivity index (χ1) is 6.68. The van der Waals surface area contributed by atoms with Gasteiger partial charge in [0.05, 0.1) is 4.90 Å². The Bertz CT molecular complexity index is 414. The molecule has 0 aliphatic heterocycles. The van der Waals surface area contributed by atoms with E-state index in [1.54, 1.807) is 12.1 Å². The molecule has 0 aromatic heterocycles. The Kier molecular flexibility index (Phi) is 2.93. The maximum atomic E-state index is 10.8. The van der Waals surface area contributed by atoms with Crippen molar-refractivity contribution in [2.75, 3.05) is 0 Å². The van der Waals surface area contributed by atoms with Crippen molar-refractivity contribution in [2.45, 2.75) is 30.1 Å². The van der Waals surface area contributed by atoms with E-state index in [0.717, 1.165) is 10.0 Å². The van der Waals surface area contributed by atoms with Crippen molar-refractivity contribution in [1.29, 1.82) is 0 Å². The lowest BCUT2D eigenvalue weighted by atomic mass is 9.80. The summed E-state index contributed by atoms with van der Waals surface area (Å²) in [6.07, 6.45) is 3.61. The van der Waals surface area contributed by atoms with Gasteiger partial charge in [-0.3, -0.25) is 0 Å². The number of rotatable bonds is 2. The van der Waals surface area contributed by atoms with Gasteiger partial charge < -0.3 is 0 Å². The van der Waals surface area contributed by atoms with Crippen molar-refractivity contribution in [3.63, 3.8) is 0 Å². The lowest BCUT2D eigenvalue weighted by Crippen LogP contribution is -2.09. The summed E-state index contributed by atoms with van der Waals surface area (Å²) in [5.74, 6) is 0.555. The van der Waals surface area contributed by atoms with E-state index < -0.39 is 10.7 Å². The van der Waals surface area contributed by atoms with Gasteiger partial charge in [-0.05, 0) is 42.5 Å². The van der Waals surface area contributed by atoms with Crippen LogP contribution in [0.2, 0.25) is 0 Å². The van der Waals surface area contributed by atoms with Crippen LogP contribution in [0.5, 0.6) is 0 Å². The zero-order valence-corrected chi connectivity index (χ0v) is 10.1. The Morgan fingerprint density at radius 2 is 2.00 bits per heavy atom. The molecule has 0 radical (unpaired) electrons. The molecule has 0 atom stereocenters. The van der Waals surface area contributed by atoms with Crippen LogP contribution in [0.25, 0.3) is 0 Å². The van der Waals surface area contributed by atoms with E-state index in [4.69, 9.17) is 0 Å². The van der Waals surface area contributed by atoms with Crippen molar-refractivity contribution in [1.82, 2.24) is 0 Å². The molecule has 1 aliphatic carbocycles. The van der Waals surface area contributed by atoms with Crippen LogP contribution < -0.4 is 0 Å². The second-order valence-electron chi connectivity index (χ2n) is 3.59. The molecule has 2 rings (SSSR count). The SMILES string of the molecule is O=[SH](=O)c1ccc(Br)c(C2CCC2)c1. The van der Waals surface area contributed by atoms with Gasteiger partial charge in [0.15, 0.2) is 10.7 Å². The minimum Gasteiger partial charge on any atom is -0.227 e. The lowest BCUT2D eigenvalue weighted by molar-refractivity contribution is 0.418. The van der Waals surface area contributed by atoms with Crippen LogP contribution >= 0.6 is 15.9 Å². The Balaban J connectivity index is 2.41. The molecule has 1 aliphatic rings. The van der Waals surface area contributed by atoms with Gasteiger partial charge >= 0.3 is 0 Å². The van der Waals surface area contributed by atoms with Gasteiger partial charge in [-0.1, -0.05) is 22.4 Å². The van der Waals surface area contributed by atoms with Crippen molar-refractivity contribution in [3.8, 4) is 0 Å². The molecule has 76 valence electrons. The van der Waals surface area contributed by atoms with Crippen LogP contribution in [0, 0.1) is 0 Å². The zero-order chi connectivity index (χ0) is 10.1. The summed E-state index contributed by atoms with van der Waals surface area (Å²) in [5.41, 5.74) is 1.15. The molecule has 0 spiro atoms. The van der Waals surface area contributed by atoms with E-state index in [0.29, 0.717) is 10.8 Å². The van der Waals surface area contributed by atoms with Crippen LogP contribution in [0.4, 0.5) is 0 Å². The summed E-state index contributed by atoms with van der Waals surface area (Å²) < 4.78 is 22.7. The van der Waals surface area contributed by atoms with Gasteiger partial charge in [-0.25, -0.2) is 8.42 Å². The van der Waals surface area contributed by atoms with Crippen LogP contribution in [0.3, 0.4) is 0 Å². The average molecular weight is 275 g/mol. The highest BCUT2D eigenvalue weighted by molar-refractivity contribution is 9.10. The van der Waals surface area contributed by atoms with Gasteiger partial charge in [0.1, 0.15) is 0 Å². The highest BCUT2D eigenvalue weighted by Crippen LogP contribution is 2.40. The molecule has 1 saturated carbocycles. The van der Waals surface area contributed by atoms with E-state index in [1.807, 2.05) is 6.07 Å². The standard InChI is InChI=1S/C10H11BrO2S/c11-10-5-4-8(14(12)13)6-9(10)7-2-1-3-7/h4-7,14H,1-3H2. The normalized spacial score (nSPS) is 17.0. The monoisotopic (exact) mass is 274 g/mol. The molecule has 1 fully saturated rings. The molecule has 14 heavy (non-hydrogen) atoms. The third-order valence-electron chi connectivity index (χ3n) is 2.74. The smallest absolute Gasteiger partial charge is 0.168 e. The first-order valence-corrected chi connectivity index (χ1v) is 6.59. The first kappa shape index (κ1) is 10.2. The Labute approximate surface area is 93.4 Å². The minimum absolute atomic E-state index is 0.421. The van der Waals surface area contributed by atoms with Crippen LogP contribution in [-0.2, 0) is 10.7 Å². The Morgan fingerprint density at radius 1 is 1.29 bits per heavy atom. The van der Waals surface area contributed by atoms with E-state index in [-0.39, 0.29) is 0 Å². The molecule has 0 saturated heterocycles. The van der Waals surface area contributed by atoms with Gasteiger partial charge in [-0.15, -0.1) is 0 Å². The molecule has 1 aromatic carbocycles. The zero-order valence-electron chi connectivity index (χ0n) is 7.57. The second-order valence-corrected chi connectivity index (χ2v) is 5.48. The molecule has 0 amide bonds. The maximum Gasteiger partial charge on any atom is 0.168 e. The molecular weight excluding hydrogens is 264 g/mol. The molecule has 2 nitrogen and oxygen atoms in total. The molecule has 0 N–H and O–H groups in total. The van der Waals surface area contributed by atoms with Gasteiger partial charge in [-0.2, -0.15) is 0 Å². The van der Waals surface area contributed by atoms with Crippen molar-refractivity contribution >= 4 is 26.6 Å². The number of hydrogen-bond acceptors (Lipinski definition) is 2. The summed E-state index contributed by atoms with van der Waals surface area (Å²) in [5, 5.41) is 0. The van der Waals surface area contributed by atoms with E-state index in [2.05, 4.69) is 15.9 Å². The second kappa shape index (κ2) is 4.03. The van der Waals surface area contributed by atoms with E-state index >= 15 is 0 Å². The van der Waals surface area contributed by atoms with Crippen LogP contribution in [-0.4, -0.2) is 8.42 Å². The summed E-state index contributed by atoms with van der Waals surface area (Å²) in [4.78, 5) is 0.421. The average Bonchev–Trinajstić information content (AvgIpc) is 2.05. The number of benzene rings is 1. The summed E-state index contributed by atoms with van der Waals surface area (Å²) >= 11 is 3.46. The Hall–Kier alpha value is -0.350. The molecule has 0 bridgehead atoms. The van der Waals surface area contributed by atoms with Crippen molar-refractivity contribution in [3.05, 3.63) is 28.2 Å². The number of thiol groups is 1. The van der Waals surface area contributed by atoms with Crippen LogP contribution in [0.15, 0.2) is 27.6 Å². The van der Waals surface area contributed by atoms with E-state index in [9.17, 15) is 8.42 Å². The topological polar surface area (TPSA) is 34.1 Å². The summed E-state index contributed by atoms with van der Waals surface area (Å²) in [7, 11) is -2.45. The van der Waals surface area contributed by atoms with Crippen molar-refractivity contribution in [2.24, 2.45) is 0 Å². The quantitative estimate of drug-likeness (QED) is 0.842. The third-order valence-corrected chi connectivity index (χ3v) is 4.16.